The Morgan fingerprint density at radius 3 is 2.45 bits per heavy atom. The summed E-state index contributed by atoms with van der Waals surface area (Å²) in [6.45, 7) is 6.76. The van der Waals surface area contributed by atoms with Crippen LogP contribution >= 0.6 is 0 Å². The maximum absolute atomic E-state index is 11.6. The van der Waals surface area contributed by atoms with E-state index in [0.717, 1.165) is 12.0 Å². The molecule has 1 aromatic rings. The summed E-state index contributed by atoms with van der Waals surface area (Å²) in [6.07, 6.45) is 4.34. The molecule has 0 heterocycles. The second kappa shape index (κ2) is 8.32. The zero-order valence-electron chi connectivity index (χ0n) is 14.0. The quantitative estimate of drug-likeness (QED) is 0.849. The first-order valence-electron chi connectivity index (χ1n) is 7.28. The highest BCUT2D eigenvalue weighted by Gasteiger charge is 2.06. The molecule has 122 valence electrons. The largest absolute Gasteiger partial charge is 0.493 e. The van der Waals surface area contributed by atoms with Crippen LogP contribution in [-0.2, 0) is 6.42 Å². The lowest BCUT2D eigenvalue weighted by molar-refractivity contribution is 0.244. The maximum atomic E-state index is 11.6. The molecule has 0 radical (unpaired) electrons. The highest BCUT2D eigenvalue weighted by molar-refractivity contribution is 5.74. The lowest BCUT2D eigenvalue weighted by Crippen LogP contribution is -2.33. The fourth-order valence-electron chi connectivity index (χ4n) is 1.77. The van der Waals surface area contributed by atoms with Crippen molar-refractivity contribution in [1.82, 2.24) is 10.6 Å². The summed E-state index contributed by atoms with van der Waals surface area (Å²) in [4.78, 5) is 11.6. The molecule has 0 unspecified atom stereocenters. The van der Waals surface area contributed by atoms with E-state index in [1.54, 1.807) is 20.4 Å². The van der Waals surface area contributed by atoms with Gasteiger partial charge in [-0.3, -0.25) is 0 Å². The van der Waals surface area contributed by atoms with Gasteiger partial charge >= 0.3 is 6.03 Å². The average molecular weight is 306 g/mol. The number of benzene rings is 1. The van der Waals surface area contributed by atoms with Crippen LogP contribution in [0.2, 0.25) is 0 Å². The van der Waals surface area contributed by atoms with Crippen LogP contribution in [0.15, 0.2) is 30.5 Å². The van der Waals surface area contributed by atoms with Gasteiger partial charge in [-0.25, -0.2) is 4.79 Å². The third-order valence-corrected chi connectivity index (χ3v) is 2.94. The summed E-state index contributed by atoms with van der Waals surface area (Å²) in [6, 6.07) is 5.53. The Labute approximate surface area is 132 Å². The number of amides is 2. The van der Waals surface area contributed by atoms with Gasteiger partial charge in [0.2, 0.25) is 0 Å². The number of hydrogen-bond acceptors (Lipinski definition) is 3. The van der Waals surface area contributed by atoms with Crippen LogP contribution in [0.5, 0.6) is 11.5 Å². The van der Waals surface area contributed by atoms with Gasteiger partial charge in [-0.1, -0.05) is 32.9 Å². The van der Waals surface area contributed by atoms with E-state index in [9.17, 15) is 4.79 Å². The van der Waals surface area contributed by atoms with Crippen molar-refractivity contribution in [2.24, 2.45) is 5.41 Å². The minimum absolute atomic E-state index is 0.0485. The molecule has 0 aromatic heterocycles. The molecule has 0 aliphatic carbocycles. The van der Waals surface area contributed by atoms with Crippen molar-refractivity contribution in [2.75, 3.05) is 20.8 Å². The molecule has 0 spiro atoms. The number of carbonyl (C=O) groups is 1. The Balaban J connectivity index is 2.41. The van der Waals surface area contributed by atoms with E-state index < -0.39 is 0 Å². The van der Waals surface area contributed by atoms with Crippen LogP contribution in [0.25, 0.3) is 0 Å². The number of rotatable bonds is 6. The summed E-state index contributed by atoms with van der Waals surface area (Å²) in [5, 5.41) is 5.50. The number of methoxy groups -OCH3 is 2. The predicted octanol–water partition coefficient (Wildman–Crippen LogP) is 3.11. The van der Waals surface area contributed by atoms with Gasteiger partial charge in [0.25, 0.3) is 0 Å². The molecule has 0 aliphatic rings. The normalized spacial score (nSPS) is 11.3. The average Bonchev–Trinajstić information content (AvgIpc) is 2.45. The highest BCUT2D eigenvalue weighted by Crippen LogP contribution is 2.27. The van der Waals surface area contributed by atoms with Crippen molar-refractivity contribution < 1.29 is 14.3 Å². The van der Waals surface area contributed by atoms with E-state index in [2.05, 4.69) is 31.4 Å². The number of ether oxygens (including phenoxy) is 2. The fraction of sp³-hybridized carbons (Fsp3) is 0.471. The number of allylic oxidation sites excluding steroid dienone is 1. The van der Waals surface area contributed by atoms with Gasteiger partial charge in [-0.05, 0) is 29.5 Å². The van der Waals surface area contributed by atoms with Crippen molar-refractivity contribution in [1.29, 1.82) is 0 Å². The standard InChI is InChI=1S/C17H26N2O3/c1-17(2,3)9-11-19-16(20)18-10-8-13-6-7-14(21-4)15(12-13)22-5/h6-7,9,11-12H,8,10H2,1-5H3,(H2,18,19,20)/b11-9+. The summed E-state index contributed by atoms with van der Waals surface area (Å²) in [5.41, 5.74) is 1.12. The van der Waals surface area contributed by atoms with E-state index in [1.807, 2.05) is 24.3 Å². The molecule has 0 atom stereocenters. The lowest BCUT2D eigenvalue weighted by atomic mass is 9.97. The molecule has 5 nitrogen and oxygen atoms in total. The predicted molar refractivity (Wildman–Crippen MR) is 88.4 cm³/mol. The van der Waals surface area contributed by atoms with Gasteiger partial charge in [-0.2, -0.15) is 0 Å². The van der Waals surface area contributed by atoms with Gasteiger partial charge in [0.1, 0.15) is 0 Å². The molecule has 22 heavy (non-hydrogen) atoms. The van der Waals surface area contributed by atoms with Gasteiger partial charge in [-0.15, -0.1) is 0 Å². The van der Waals surface area contributed by atoms with Crippen LogP contribution in [0.4, 0.5) is 4.79 Å². The Kier molecular flexibility index (Phi) is 6.76. The van der Waals surface area contributed by atoms with Crippen molar-refractivity contribution in [3.8, 4) is 11.5 Å². The van der Waals surface area contributed by atoms with Gasteiger partial charge in [0.15, 0.2) is 11.5 Å². The van der Waals surface area contributed by atoms with Crippen LogP contribution in [0.3, 0.4) is 0 Å². The molecule has 0 saturated carbocycles. The maximum Gasteiger partial charge on any atom is 0.318 e. The summed E-state index contributed by atoms with van der Waals surface area (Å²) in [5.74, 6) is 1.39. The summed E-state index contributed by atoms with van der Waals surface area (Å²) >= 11 is 0. The van der Waals surface area contributed by atoms with Crippen molar-refractivity contribution >= 4 is 6.03 Å². The van der Waals surface area contributed by atoms with Crippen LogP contribution < -0.4 is 20.1 Å². The van der Waals surface area contributed by atoms with Crippen molar-refractivity contribution in [3.05, 3.63) is 36.0 Å². The Hall–Kier alpha value is -2.17. The van der Waals surface area contributed by atoms with E-state index >= 15 is 0 Å². The second-order valence-corrected chi connectivity index (χ2v) is 6.04. The van der Waals surface area contributed by atoms with Crippen molar-refractivity contribution in [3.63, 3.8) is 0 Å². The molecule has 5 heteroatoms. The Morgan fingerprint density at radius 2 is 1.86 bits per heavy atom. The zero-order chi connectivity index (χ0) is 16.6. The number of carbonyl (C=O) groups excluding carboxylic acids is 1. The molecule has 1 aromatic carbocycles. The first-order valence-corrected chi connectivity index (χ1v) is 7.28. The smallest absolute Gasteiger partial charge is 0.318 e. The number of nitrogens with one attached hydrogen (secondary N) is 2. The molecule has 2 N–H and O–H groups in total. The fourth-order valence-corrected chi connectivity index (χ4v) is 1.77. The van der Waals surface area contributed by atoms with Crippen LogP contribution in [-0.4, -0.2) is 26.8 Å². The SMILES string of the molecule is COc1ccc(CCNC(=O)N/C=C/C(C)(C)C)cc1OC. The first kappa shape index (κ1) is 17.9. The van der Waals surface area contributed by atoms with E-state index in [4.69, 9.17) is 9.47 Å². The summed E-state index contributed by atoms with van der Waals surface area (Å²) in [7, 11) is 3.21. The monoisotopic (exact) mass is 306 g/mol. The third kappa shape index (κ3) is 6.52. The molecular weight excluding hydrogens is 280 g/mol. The summed E-state index contributed by atoms with van der Waals surface area (Å²) < 4.78 is 10.4. The molecule has 0 fully saturated rings. The highest BCUT2D eigenvalue weighted by atomic mass is 16.5. The lowest BCUT2D eigenvalue weighted by Gasteiger charge is -2.12. The van der Waals surface area contributed by atoms with Crippen LogP contribution in [0, 0.1) is 5.41 Å². The number of hydrogen-bond donors (Lipinski definition) is 2. The van der Waals surface area contributed by atoms with E-state index in [0.29, 0.717) is 18.0 Å². The van der Waals surface area contributed by atoms with Gasteiger partial charge in [0.05, 0.1) is 14.2 Å². The van der Waals surface area contributed by atoms with Crippen LogP contribution in [0.1, 0.15) is 26.3 Å². The van der Waals surface area contributed by atoms with Crippen molar-refractivity contribution in [2.45, 2.75) is 27.2 Å². The topological polar surface area (TPSA) is 59.6 Å². The zero-order valence-corrected chi connectivity index (χ0v) is 14.0. The molecule has 0 bridgehead atoms. The van der Waals surface area contributed by atoms with E-state index in [1.165, 1.54) is 0 Å². The minimum Gasteiger partial charge on any atom is -0.493 e. The third-order valence-electron chi connectivity index (χ3n) is 2.94. The first-order chi connectivity index (χ1) is 10.4. The molecule has 0 aliphatic heterocycles. The minimum atomic E-state index is -0.207. The molecule has 2 amide bonds. The van der Waals surface area contributed by atoms with Gasteiger partial charge in [0, 0.05) is 12.7 Å². The molecular formula is C17H26N2O3. The van der Waals surface area contributed by atoms with Gasteiger partial charge < -0.3 is 20.1 Å². The molecule has 0 saturated heterocycles. The number of urea groups is 1. The second-order valence-electron chi connectivity index (χ2n) is 6.04. The molecule has 1 rings (SSSR count). The van der Waals surface area contributed by atoms with E-state index in [-0.39, 0.29) is 11.4 Å². The Morgan fingerprint density at radius 1 is 1.18 bits per heavy atom. The Bertz CT molecular complexity index is 519.